The Morgan fingerprint density at radius 2 is 2.00 bits per heavy atom. The second-order valence-corrected chi connectivity index (χ2v) is 8.08. The lowest BCUT2D eigenvalue weighted by atomic mass is 9.99. The molecule has 2 heterocycles. The number of nitrogens with zero attached hydrogens (tertiary/aromatic N) is 2. The topological polar surface area (TPSA) is 83.2 Å². The molecule has 1 amide bonds. The van der Waals surface area contributed by atoms with Gasteiger partial charge in [-0.25, -0.2) is 0 Å². The summed E-state index contributed by atoms with van der Waals surface area (Å²) in [7, 11) is 3.88. The third kappa shape index (κ3) is 4.78. The van der Waals surface area contributed by atoms with Gasteiger partial charge in [0.15, 0.2) is 0 Å². The third-order valence-corrected chi connectivity index (χ3v) is 5.38. The van der Waals surface area contributed by atoms with E-state index in [1.54, 1.807) is 31.2 Å². The van der Waals surface area contributed by atoms with Crippen LogP contribution in [0.15, 0.2) is 40.3 Å². The van der Waals surface area contributed by atoms with Crippen LogP contribution in [0.4, 0.5) is 0 Å². The SMILES string of the molecule is CCOc1ccc(C(O)=C2C(=O)C(=O)N(CCCN(C)C)[C@H]2c2ccc(C)o2)cc1Cl. The van der Waals surface area contributed by atoms with Crippen LogP contribution in [0.5, 0.6) is 5.75 Å². The standard InChI is InChI=1S/C23H27ClN2O5/c1-5-30-17-10-8-15(13-16(17)24)21(27)19-20(18-9-7-14(2)31-18)26(23(29)22(19)28)12-6-11-25(3)4/h7-10,13,20,27H,5-6,11-12H2,1-4H3/t20-/m0/s1. The van der Waals surface area contributed by atoms with E-state index in [2.05, 4.69) is 0 Å². The lowest BCUT2D eigenvalue weighted by Gasteiger charge is -2.24. The van der Waals surface area contributed by atoms with Crippen molar-refractivity contribution in [3.63, 3.8) is 0 Å². The number of aliphatic hydroxyl groups is 1. The lowest BCUT2D eigenvalue weighted by Crippen LogP contribution is -2.32. The molecule has 7 nitrogen and oxygen atoms in total. The fourth-order valence-electron chi connectivity index (χ4n) is 3.64. The Labute approximate surface area is 186 Å². The highest BCUT2D eigenvalue weighted by molar-refractivity contribution is 6.46. The van der Waals surface area contributed by atoms with E-state index in [1.165, 1.54) is 11.0 Å². The monoisotopic (exact) mass is 446 g/mol. The van der Waals surface area contributed by atoms with Crippen LogP contribution >= 0.6 is 11.6 Å². The number of benzene rings is 1. The number of carbonyl (C=O) groups is 2. The molecule has 1 aromatic carbocycles. The van der Waals surface area contributed by atoms with Crippen molar-refractivity contribution in [3.8, 4) is 5.75 Å². The maximum atomic E-state index is 13.0. The van der Waals surface area contributed by atoms with Gasteiger partial charge in [-0.15, -0.1) is 0 Å². The first-order valence-corrected chi connectivity index (χ1v) is 10.5. The van der Waals surface area contributed by atoms with Crippen molar-refractivity contribution in [1.29, 1.82) is 0 Å². The molecule has 8 heteroatoms. The number of Topliss-reactive ketones (excluding diaryl/α,β-unsaturated/α-hetero) is 1. The van der Waals surface area contributed by atoms with Crippen LogP contribution in [0.2, 0.25) is 5.02 Å². The van der Waals surface area contributed by atoms with Gasteiger partial charge in [-0.3, -0.25) is 9.59 Å². The van der Waals surface area contributed by atoms with Gasteiger partial charge in [-0.2, -0.15) is 0 Å². The summed E-state index contributed by atoms with van der Waals surface area (Å²) < 4.78 is 11.2. The largest absolute Gasteiger partial charge is 0.507 e. The molecular weight excluding hydrogens is 420 g/mol. The lowest BCUT2D eigenvalue weighted by molar-refractivity contribution is -0.140. The molecule has 0 radical (unpaired) electrons. The molecular formula is C23H27ClN2O5. The summed E-state index contributed by atoms with van der Waals surface area (Å²) in [4.78, 5) is 29.3. The molecule has 0 aliphatic carbocycles. The summed E-state index contributed by atoms with van der Waals surface area (Å²) in [5.74, 6) is -0.138. The van der Waals surface area contributed by atoms with E-state index < -0.39 is 17.7 Å². The molecule has 1 aliphatic heterocycles. The van der Waals surface area contributed by atoms with Crippen LogP contribution < -0.4 is 4.74 Å². The Bertz CT molecular complexity index is 1010. The molecule has 1 N–H and O–H groups in total. The summed E-state index contributed by atoms with van der Waals surface area (Å²) in [6.45, 7) is 5.18. The van der Waals surface area contributed by atoms with Crippen LogP contribution in [-0.2, 0) is 9.59 Å². The molecule has 0 saturated carbocycles. The summed E-state index contributed by atoms with van der Waals surface area (Å²) >= 11 is 6.26. The number of ether oxygens (including phenoxy) is 1. The van der Waals surface area contributed by atoms with Gasteiger partial charge in [0, 0.05) is 12.1 Å². The third-order valence-electron chi connectivity index (χ3n) is 5.08. The zero-order chi connectivity index (χ0) is 22.7. The number of rotatable bonds is 8. The summed E-state index contributed by atoms with van der Waals surface area (Å²) in [5, 5.41) is 11.4. The number of furan rings is 1. The first-order valence-electron chi connectivity index (χ1n) is 10.2. The van der Waals surface area contributed by atoms with E-state index in [9.17, 15) is 14.7 Å². The van der Waals surface area contributed by atoms with Crippen LogP contribution in [-0.4, -0.2) is 60.4 Å². The number of amides is 1. The first-order chi connectivity index (χ1) is 14.7. The predicted molar refractivity (Wildman–Crippen MR) is 118 cm³/mol. The van der Waals surface area contributed by atoms with E-state index in [-0.39, 0.29) is 11.3 Å². The van der Waals surface area contributed by atoms with Crippen molar-refractivity contribution >= 4 is 29.1 Å². The van der Waals surface area contributed by atoms with Crippen molar-refractivity contribution in [3.05, 3.63) is 58.0 Å². The molecule has 1 aromatic heterocycles. The average Bonchev–Trinajstić information content (AvgIpc) is 3.25. The molecule has 0 unspecified atom stereocenters. The van der Waals surface area contributed by atoms with Crippen molar-refractivity contribution < 1.29 is 23.8 Å². The smallest absolute Gasteiger partial charge is 0.295 e. The van der Waals surface area contributed by atoms with Crippen LogP contribution in [0.25, 0.3) is 5.76 Å². The Balaban J connectivity index is 2.06. The molecule has 2 aromatic rings. The van der Waals surface area contributed by atoms with Gasteiger partial charge in [0.05, 0.1) is 17.2 Å². The van der Waals surface area contributed by atoms with Crippen LogP contribution in [0.3, 0.4) is 0 Å². The predicted octanol–water partition coefficient (Wildman–Crippen LogP) is 4.01. The number of hydrogen-bond acceptors (Lipinski definition) is 6. The van der Waals surface area contributed by atoms with Gasteiger partial charge >= 0.3 is 0 Å². The van der Waals surface area contributed by atoms with E-state index >= 15 is 0 Å². The normalized spacial score (nSPS) is 18.3. The summed E-state index contributed by atoms with van der Waals surface area (Å²) in [5.41, 5.74) is 0.317. The Morgan fingerprint density at radius 1 is 1.26 bits per heavy atom. The summed E-state index contributed by atoms with van der Waals surface area (Å²) in [6.07, 6.45) is 0.672. The molecule has 1 aliphatic rings. The van der Waals surface area contributed by atoms with E-state index in [0.717, 1.165) is 6.54 Å². The zero-order valence-electron chi connectivity index (χ0n) is 18.1. The fraction of sp³-hybridized carbons (Fsp3) is 0.391. The van der Waals surface area contributed by atoms with Crippen LogP contribution in [0.1, 0.15) is 36.5 Å². The second kappa shape index (κ2) is 9.58. The van der Waals surface area contributed by atoms with E-state index in [4.69, 9.17) is 20.8 Å². The van der Waals surface area contributed by atoms with Gasteiger partial charge in [-0.1, -0.05) is 11.6 Å². The highest BCUT2D eigenvalue weighted by Crippen LogP contribution is 2.40. The minimum atomic E-state index is -0.804. The van der Waals surface area contributed by atoms with Gasteiger partial charge < -0.3 is 24.1 Å². The summed E-state index contributed by atoms with van der Waals surface area (Å²) in [6, 6.07) is 7.44. The molecule has 0 bridgehead atoms. The second-order valence-electron chi connectivity index (χ2n) is 7.68. The number of likely N-dealkylation sites (tertiary alicyclic amines) is 1. The number of carbonyl (C=O) groups excluding carboxylic acids is 2. The quantitative estimate of drug-likeness (QED) is 0.374. The van der Waals surface area contributed by atoms with Crippen LogP contribution in [0, 0.1) is 6.92 Å². The molecule has 1 atom stereocenters. The van der Waals surface area contributed by atoms with E-state index in [1.807, 2.05) is 25.9 Å². The minimum Gasteiger partial charge on any atom is -0.507 e. The van der Waals surface area contributed by atoms with Gasteiger partial charge in [0.1, 0.15) is 29.1 Å². The highest BCUT2D eigenvalue weighted by atomic mass is 35.5. The van der Waals surface area contributed by atoms with E-state index in [0.29, 0.717) is 47.4 Å². The molecule has 166 valence electrons. The van der Waals surface area contributed by atoms with Crippen molar-refractivity contribution in [1.82, 2.24) is 9.80 Å². The van der Waals surface area contributed by atoms with Gasteiger partial charge in [-0.05, 0) is 71.2 Å². The highest BCUT2D eigenvalue weighted by Gasteiger charge is 2.47. The minimum absolute atomic E-state index is 0.00979. The molecule has 3 rings (SSSR count). The van der Waals surface area contributed by atoms with Gasteiger partial charge in [0.25, 0.3) is 11.7 Å². The fourth-order valence-corrected chi connectivity index (χ4v) is 3.88. The zero-order valence-corrected chi connectivity index (χ0v) is 18.9. The molecule has 1 saturated heterocycles. The van der Waals surface area contributed by atoms with Gasteiger partial charge in [0.2, 0.25) is 0 Å². The molecule has 31 heavy (non-hydrogen) atoms. The number of aryl methyl sites for hydroxylation is 1. The maximum Gasteiger partial charge on any atom is 0.295 e. The van der Waals surface area contributed by atoms with Crippen molar-refractivity contribution in [2.24, 2.45) is 0 Å². The number of aliphatic hydroxyl groups excluding tert-OH is 1. The Kier molecular flexibility index (Phi) is 7.08. The van der Waals surface area contributed by atoms with Crippen molar-refractivity contribution in [2.45, 2.75) is 26.3 Å². The number of ketones is 1. The maximum absolute atomic E-state index is 13.0. The number of halogens is 1. The average molecular weight is 447 g/mol. The van der Waals surface area contributed by atoms with Crippen molar-refractivity contribution in [2.75, 3.05) is 33.8 Å². The number of hydrogen-bond donors (Lipinski definition) is 1. The molecule has 0 spiro atoms. The Morgan fingerprint density at radius 3 is 2.58 bits per heavy atom. The molecule has 1 fully saturated rings. The first kappa shape index (κ1) is 22.9. The Hall–Kier alpha value is -2.77.